The Balaban J connectivity index is 1.75. The molecule has 6 heteroatoms. The van der Waals surface area contributed by atoms with Crippen molar-refractivity contribution in [1.29, 1.82) is 0 Å². The quantitative estimate of drug-likeness (QED) is 0.773. The molecule has 2 aliphatic heterocycles. The Morgan fingerprint density at radius 3 is 1.92 bits per heavy atom. The fraction of sp³-hybridized carbons (Fsp3) is 0.611. The summed E-state index contributed by atoms with van der Waals surface area (Å²) in [6.07, 6.45) is -2.39. The first-order valence-electron chi connectivity index (χ1n) is 8.32. The van der Waals surface area contributed by atoms with Crippen LogP contribution >= 0.6 is 0 Å². The minimum absolute atomic E-state index is 0.151. The third-order valence-electron chi connectivity index (χ3n) is 4.92. The molecule has 132 valence electrons. The highest BCUT2D eigenvalue weighted by Gasteiger charge is 2.45. The zero-order chi connectivity index (χ0) is 17.7. The molecule has 1 aromatic carbocycles. The predicted molar refractivity (Wildman–Crippen MR) is 86.8 cm³/mol. The molecule has 24 heavy (non-hydrogen) atoms. The number of alkyl halides is 3. The normalized spacial score (nSPS) is 24.4. The van der Waals surface area contributed by atoms with Gasteiger partial charge in [-0.3, -0.25) is 4.79 Å². The zero-order valence-electron chi connectivity index (χ0n) is 14.2. The molecule has 3 nitrogen and oxygen atoms in total. The highest BCUT2D eigenvalue weighted by atomic mass is 19.4. The highest BCUT2D eigenvalue weighted by molar-refractivity contribution is 5.83. The van der Waals surface area contributed by atoms with E-state index in [1.807, 2.05) is 25.7 Å². The van der Waals surface area contributed by atoms with Crippen LogP contribution in [0, 0.1) is 5.41 Å². The minimum atomic E-state index is -4.31. The molecule has 2 fully saturated rings. The topological polar surface area (TPSA) is 23.6 Å². The van der Waals surface area contributed by atoms with Crippen molar-refractivity contribution in [1.82, 2.24) is 4.90 Å². The van der Waals surface area contributed by atoms with Crippen molar-refractivity contribution in [3.8, 4) is 0 Å². The molecule has 0 aliphatic carbocycles. The predicted octanol–water partition coefficient (Wildman–Crippen LogP) is 3.93. The van der Waals surface area contributed by atoms with Gasteiger partial charge in [0.15, 0.2) is 0 Å². The average Bonchev–Trinajstić information content (AvgIpc) is 2.74. The van der Waals surface area contributed by atoms with Gasteiger partial charge < -0.3 is 9.80 Å². The molecule has 0 spiro atoms. The Kier molecular flexibility index (Phi) is 4.04. The smallest absolute Gasteiger partial charge is 0.367 e. The van der Waals surface area contributed by atoms with Crippen molar-refractivity contribution in [2.24, 2.45) is 5.41 Å². The van der Waals surface area contributed by atoms with Crippen LogP contribution in [0.1, 0.15) is 39.2 Å². The van der Waals surface area contributed by atoms with Gasteiger partial charge in [0.05, 0.1) is 5.56 Å². The van der Waals surface area contributed by atoms with Crippen LogP contribution in [0.4, 0.5) is 18.9 Å². The lowest BCUT2D eigenvalue weighted by atomic mass is 9.93. The van der Waals surface area contributed by atoms with Crippen molar-refractivity contribution in [2.45, 2.75) is 51.9 Å². The summed E-state index contributed by atoms with van der Waals surface area (Å²) in [5.41, 5.74) is -0.240. The van der Waals surface area contributed by atoms with E-state index in [1.165, 1.54) is 12.1 Å². The Morgan fingerprint density at radius 1 is 1.00 bits per heavy atom. The van der Waals surface area contributed by atoms with Crippen molar-refractivity contribution in [2.75, 3.05) is 18.0 Å². The molecule has 0 radical (unpaired) electrons. The summed E-state index contributed by atoms with van der Waals surface area (Å²) in [6.45, 7) is 7.15. The number of amides is 1. The lowest BCUT2D eigenvalue weighted by Gasteiger charge is -2.44. The SMILES string of the molecule is CC(C)(C)C(=O)N1C2CCC1CN(c1ccc(C(F)(F)F)cc1)C2. The molecule has 2 bridgehead atoms. The molecule has 2 aliphatic rings. The maximum atomic E-state index is 12.7. The van der Waals surface area contributed by atoms with Gasteiger partial charge >= 0.3 is 6.18 Å². The Bertz CT molecular complexity index is 605. The summed E-state index contributed by atoms with van der Waals surface area (Å²) in [7, 11) is 0. The first-order chi connectivity index (χ1) is 11.1. The molecule has 2 unspecified atom stereocenters. The summed E-state index contributed by atoms with van der Waals surface area (Å²) >= 11 is 0. The van der Waals surface area contributed by atoms with Crippen molar-refractivity contribution < 1.29 is 18.0 Å². The lowest BCUT2D eigenvalue weighted by Crippen LogP contribution is -2.58. The third kappa shape index (κ3) is 3.10. The van der Waals surface area contributed by atoms with E-state index in [0.29, 0.717) is 13.1 Å². The lowest BCUT2D eigenvalue weighted by molar-refractivity contribution is -0.143. The number of hydrogen-bond acceptors (Lipinski definition) is 2. The molecule has 0 N–H and O–H groups in total. The van der Waals surface area contributed by atoms with E-state index < -0.39 is 17.2 Å². The van der Waals surface area contributed by atoms with Crippen LogP contribution < -0.4 is 4.90 Å². The van der Waals surface area contributed by atoms with Gasteiger partial charge in [-0.25, -0.2) is 0 Å². The van der Waals surface area contributed by atoms with Gasteiger partial charge in [0, 0.05) is 36.3 Å². The van der Waals surface area contributed by atoms with Gasteiger partial charge in [-0.15, -0.1) is 0 Å². The summed E-state index contributed by atoms with van der Waals surface area (Å²) in [5.74, 6) is 0.169. The van der Waals surface area contributed by atoms with Crippen molar-refractivity contribution >= 4 is 11.6 Å². The molecule has 0 aromatic heterocycles. The van der Waals surface area contributed by atoms with Gasteiger partial charge in [0.2, 0.25) is 5.91 Å². The van der Waals surface area contributed by atoms with Crippen LogP contribution in [0.15, 0.2) is 24.3 Å². The zero-order valence-corrected chi connectivity index (χ0v) is 14.2. The van der Waals surface area contributed by atoms with Crippen molar-refractivity contribution in [3.05, 3.63) is 29.8 Å². The third-order valence-corrected chi connectivity index (χ3v) is 4.92. The highest BCUT2D eigenvalue weighted by Crippen LogP contribution is 2.36. The van der Waals surface area contributed by atoms with Gasteiger partial charge in [-0.1, -0.05) is 20.8 Å². The standard InChI is InChI=1S/C18H23F3N2O/c1-17(2,3)16(24)23-14-8-9-15(23)11-22(10-14)13-6-4-12(5-7-13)18(19,20)21/h4-7,14-15H,8-11H2,1-3H3. The Labute approximate surface area is 140 Å². The molecule has 2 heterocycles. The Hall–Kier alpha value is -1.72. The largest absolute Gasteiger partial charge is 0.416 e. The van der Waals surface area contributed by atoms with Gasteiger partial charge in [-0.05, 0) is 37.1 Å². The number of rotatable bonds is 1. The first-order valence-corrected chi connectivity index (χ1v) is 8.32. The summed E-state index contributed by atoms with van der Waals surface area (Å²) in [5, 5.41) is 0. The molecule has 1 amide bonds. The second-order valence-electron chi connectivity index (χ2n) is 7.80. The van der Waals surface area contributed by atoms with Crippen LogP contribution in [0.3, 0.4) is 0 Å². The number of carbonyl (C=O) groups excluding carboxylic acids is 1. The first kappa shape index (κ1) is 17.1. The van der Waals surface area contributed by atoms with Crippen molar-refractivity contribution in [3.63, 3.8) is 0 Å². The number of piperazine rings is 1. The van der Waals surface area contributed by atoms with Crippen LogP contribution in [0.2, 0.25) is 0 Å². The monoisotopic (exact) mass is 340 g/mol. The van der Waals surface area contributed by atoms with Crippen LogP contribution in [-0.4, -0.2) is 36.0 Å². The second kappa shape index (κ2) is 5.67. The fourth-order valence-corrected chi connectivity index (χ4v) is 3.69. The molecular weight excluding hydrogens is 317 g/mol. The van der Waals surface area contributed by atoms with E-state index in [2.05, 4.69) is 4.90 Å². The summed E-state index contributed by atoms with van der Waals surface area (Å²) in [4.78, 5) is 16.8. The number of fused-ring (bicyclic) bond motifs is 2. The number of nitrogens with zero attached hydrogens (tertiary/aromatic N) is 2. The molecule has 3 rings (SSSR count). The fourth-order valence-electron chi connectivity index (χ4n) is 3.69. The van der Waals surface area contributed by atoms with E-state index in [9.17, 15) is 18.0 Å². The minimum Gasteiger partial charge on any atom is -0.367 e. The molecular formula is C18H23F3N2O. The van der Waals surface area contributed by atoms with Crippen LogP contribution in [0.5, 0.6) is 0 Å². The molecule has 2 atom stereocenters. The van der Waals surface area contributed by atoms with Gasteiger partial charge in [0.1, 0.15) is 0 Å². The van der Waals surface area contributed by atoms with Gasteiger partial charge in [0.25, 0.3) is 0 Å². The maximum absolute atomic E-state index is 12.7. The van der Waals surface area contributed by atoms with E-state index in [-0.39, 0.29) is 18.0 Å². The number of halogens is 3. The molecule has 0 saturated carbocycles. The summed E-state index contributed by atoms with van der Waals surface area (Å²) in [6, 6.07) is 5.62. The maximum Gasteiger partial charge on any atom is 0.416 e. The van der Waals surface area contributed by atoms with E-state index in [0.717, 1.165) is 30.7 Å². The number of anilines is 1. The molecule has 1 aromatic rings. The van der Waals surface area contributed by atoms with E-state index >= 15 is 0 Å². The van der Waals surface area contributed by atoms with Crippen LogP contribution in [-0.2, 0) is 11.0 Å². The van der Waals surface area contributed by atoms with E-state index in [4.69, 9.17) is 0 Å². The Morgan fingerprint density at radius 2 is 1.50 bits per heavy atom. The second-order valence-corrected chi connectivity index (χ2v) is 7.80. The number of benzene rings is 1. The average molecular weight is 340 g/mol. The number of hydrogen-bond donors (Lipinski definition) is 0. The van der Waals surface area contributed by atoms with Gasteiger partial charge in [-0.2, -0.15) is 13.2 Å². The summed E-state index contributed by atoms with van der Waals surface area (Å²) < 4.78 is 38.1. The van der Waals surface area contributed by atoms with E-state index in [1.54, 1.807) is 0 Å². The van der Waals surface area contributed by atoms with Crippen LogP contribution in [0.25, 0.3) is 0 Å². The number of carbonyl (C=O) groups is 1. The molecule has 2 saturated heterocycles.